The Hall–Kier alpha value is 0.210. The van der Waals surface area contributed by atoms with E-state index in [0.29, 0.717) is 6.42 Å². The Morgan fingerprint density at radius 1 is 1.30 bits per heavy atom. The van der Waals surface area contributed by atoms with Crippen LogP contribution in [0.4, 0.5) is 0 Å². The Morgan fingerprint density at radius 2 is 1.80 bits per heavy atom. The SMILES string of the molecule is OC(O)=CCCC(Cl)(Cl)Cl. The molecule has 60 valence electrons. The van der Waals surface area contributed by atoms with E-state index in [1.165, 1.54) is 6.08 Å². The Kier molecular flexibility index (Phi) is 4.25. The average molecular weight is 205 g/mol. The smallest absolute Gasteiger partial charge is 0.269 e. The zero-order valence-corrected chi connectivity index (χ0v) is 7.29. The average Bonchev–Trinajstić information content (AvgIpc) is 1.59. The van der Waals surface area contributed by atoms with Crippen molar-refractivity contribution < 1.29 is 10.2 Å². The van der Waals surface area contributed by atoms with Crippen molar-refractivity contribution in [2.45, 2.75) is 16.6 Å². The van der Waals surface area contributed by atoms with Gasteiger partial charge in [0.05, 0.1) is 0 Å². The van der Waals surface area contributed by atoms with E-state index in [0.717, 1.165) is 0 Å². The molecule has 2 N–H and O–H groups in total. The summed E-state index contributed by atoms with van der Waals surface area (Å²) < 4.78 is -1.31. The van der Waals surface area contributed by atoms with Crippen LogP contribution >= 0.6 is 34.8 Å². The van der Waals surface area contributed by atoms with Crippen LogP contribution in [-0.2, 0) is 0 Å². The molecule has 0 bridgehead atoms. The highest BCUT2D eigenvalue weighted by Gasteiger charge is 2.17. The van der Waals surface area contributed by atoms with Gasteiger partial charge in [0.15, 0.2) is 3.79 Å². The van der Waals surface area contributed by atoms with Gasteiger partial charge in [-0.25, -0.2) is 0 Å². The molecule has 0 radical (unpaired) electrons. The summed E-state index contributed by atoms with van der Waals surface area (Å²) in [4.78, 5) is 0. The lowest BCUT2D eigenvalue weighted by molar-refractivity contribution is 0.189. The first-order valence-corrected chi connectivity index (χ1v) is 3.70. The van der Waals surface area contributed by atoms with Crippen molar-refractivity contribution in [1.29, 1.82) is 0 Å². The van der Waals surface area contributed by atoms with Crippen LogP contribution in [-0.4, -0.2) is 14.0 Å². The number of hydrogen-bond acceptors (Lipinski definition) is 2. The van der Waals surface area contributed by atoms with Crippen molar-refractivity contribution >= 4 is 34.8 Å². The molecule has 0 aromatic rings. The summed E-state index contributed by atoms with van der Waals surface area (Å²) in [6.07, 6.45) is 1.77. The van der Waals surface area contributed by atoms with Gasteiger partial charge in [-0.3, -0.25) is 0 Å². The van der Waals surface area contributed by atoms with Crippen LogP contribution < -0.4 is 0 Å². The first kappa shape index (κ1) is 10.2. The van der Waals surface area contributed by atoms with Crippen molar-refractivity contribution in [2.24, 2.45) is 0 Å². The second-order valence-corrected chi connectivity index (χ2v) is 4.23. The topological polar surface area (TPSA) is 40.5 Å². The molecule has 0 amide bonds. The van der Waals surface area contributed by atoms with Crippen molar-refractivity contribution in [3.05, 3.63) is 12.0 Å². The fourth-order valence-electron chi connectivity index (χ4n) is 0.365. The predicted molar refractivity (Wildman–Crippen MR) is 42.9 cm³/mol. The van der Waals surface area contributed by atoms with Gasteiger partial charge >= 0.3 is 0 Å². The van der Waals surface area contributed by atoms with E-state index in [4.69, 9.17) is 45.0 Å². The van der Waals surface area contributed by atoms with Gasteiger partial charge in [-0.1, -0.05) is 34.8 Å². The molecule has 0 aliphatic rings. The number of aliphatic hydroxyl groups excluding tert-OH is 1. The molecule has 0 aromatic carbocycles. The summed E-state index contributed by atoms with van der Waals surface area (Å²) in [5.74, 6) is -0.741. The maximum absolute atomic E-state index is 8.24. The number of allylic oxidation sites excluding steroid dienone is 1. The largest absolute Gasteiger partial charge is 0.481 e. The number of alkyl halides is 3. The Labute approximate surface area is 74.0 Å². The molecule has 0 aliphatic heterocycles. The summed E-state index contributed by atoms with van der Waals surface area (Å²) >= 11 is 16.1. The quantitative estimate of drug-likeness (QED) is 0.537. The van der Waals surface area contributed by atoms with Crippen molar-refractivity contribution in [3.63, 3.8) is 0 Å². The Morgan fingerprint density at radius 3 is 2.10 bits per heavy atom. The fourth-order valence-corrected chi connectivity index (χ4v) is 0.692. The first-order chi connectivity index (χ1) is 4.42. The molecule has 0 atom stereocenters. The van der Waals surface area contributed by atoms with Crippen LogP contribution in [0.2, 0.25) is 0 Å². The minimum atomic E-state index is -1.31. The molecular formula is C5H7Cl3O2. The zero-order chi connectivity index (χ0) is 8.20. The van der Waals surface area contributed by atoms with Crippen molar-refractivity contribution in [1.82, 2.24) is 0 Å². The van der Waals surface area contributed by atoms with Gasteiger partial charge in [0.25, 0.3) is 5.95 Å². The van der Waals surface area contributed by atoms with Gasteiger partial charge in [0.2, 0.25) is 0 Å². The minimum Gasteiger partial charge on any atom is -0.481 e. The van der Waals surface area contributed by atoms with E-state index < -0.39 is 9.74 Å². The van der Waals surface area contributed by atoms with Gasteiger partial charge in [-0.2, -0.15) is 0 Å². The second-order valence-electron chi connectivity index (χ2n) is 1.72. The van der Waals surface area contributed by atoms with Crippen molar-refractivity contribution in [2.75, 3.05) is 0 Å². The molecule has 5 heteroatoms. The summed E-state index contributed by atoms with van der Waals surface area (Å²) in [5, 5.41) is 16.5. The van der Waals surface area contributed by atoms with Crippen LogP contribution in [0.15, 0.2) is 12.0 Å². The van der Waals surface area contributed by atoms with Crippen LogP contribution in [0.5, 0.6) is 0 Å². The lowest BCUT2D eigenvalue weighted by Crippen LogP contribution is -1.99. The third-order valence-electron chi connectivity index (χ3n) is 0.755. The van der Waals surface area contributed by atoms with E-state index in [9.17, 15) is 0 Å². The summed E-state index contributed by atoms with van der Waals surface area (Å²) in [5.41, 5.74) is 0. The third kappa shape index (κ3) is 8.21. The molecule has 0 heterocycles. The van der Waals surface area contributed by atoms with Gasteiger partial charge in [0.1, 0.15) is 0 Å². The molecule has 0 spiro atoms. The highest BCUT2D eigenvalue weighted by atomic mass is 35.6. The van der Waals surface area contributed by atoms with Crippen LogP contribution in [0.25, 0.3) is 0 Å². The molecule has 0 saturated carbocycles. The highest BCUT2D eigenvalue weighted by Crippen LogP contribution is 2.31. The maximum Gasteiger partial charge on any atom is 0.269 e. The first-order valence-electron chi connectivity index (χ1n) is 2.56. The lowest BCUT2D eigenvalue weighted by atomic mass is 10.3. The molecule has 0 aromatic heterocycles. The molecule has 10 heavy (non-hydrogen) atoms. The van der Waals surface area contributed by atoms with E-state index >= 15 is 0 Å². The summed E-state index contributed by atoms with van der Waals surface area (Å²) in [7, 11) is 0. The fraction of sp³-hybridized carbons (Fsp3) is 0.600. The molecule has 0 unspecified atom stereocenters. The number of hydrogen-bond donors (Lipinski definition) is 2. The van der Waals surface area contributed by atoms with Crippen molar-refractivity contribution in [3.8, 4) is 0 Å². The van der Waals surface area contributed by atoms with E-state index in [1.807, 2.05) is 0 Å². The molecular weight excluding hydrogens is 198 g/mol. The van der Waals surface area contributed by atoms with Gasteiger partial charge in [0, 0.05) is 0 Å². The van der Waals surface area contributed by atoms with Gasteiger partial charge in [-0.15, -0.1) is 0 Å². The Bertz CT molecular complexity index is 123. The molecule has 0 aliphatic carbocycles. The number of rotatable bonds is 2. The number of halogens is 3. The molecule has 0 rings (SSSR count). The summed E-state index contributed by atoms with van der Waals surface area (Å²) in [6, 6.07) is 0. The third-order valence-corrected chi connectivity index (χ3v) is 1.32. The van der Waals surface area contributed by atoms with Crippen LogP contribution in [0.3, 0.4) is 0 Å². The Balaban J connectivity index is 3.47. The standard InChI is InChI=1S/C5H7Cl3O2/c6-5(7,8)3-1-2-4(9)10/h2,9-10H,1,3H2. The normalized spacial score (nSPS) is 11.1. The number of aliphatic hydroxyl groups is 2. The minimum absolute atomic E-state index is 0.266. The van der Waals surface area contributed by atoms with E-state index in [1.54, 1.807) is 0 Å². The van der Waals surface area contributed by atoms with E-state index in [-0.39, 0.29) is 6.42 Å². The predicted octanol–water partition coefficient (Wildman–Crippen LogP) is 3.09. The van der Waals surface area contributed by atoms with Crippen LogP contribution in [0.1, 0.15) is 12.8 Å². The molecule has 0 saturated heterocycles. The van der Waals surface area contributed by atoms with Gasteiger partial charge in [-0.05, 0) is 18.9 Å². The lowest BCUT2D eigenvalue weighted by Gasteiger charge is -2.06. The van der Waals surface area contributed by atoms with Crippen LogP contribution in [0, 0.1) is 0 Å². The molecule has 2 nitrogen and oxygen atoms in total. The monoisotopic (exact) mass is 204 g/mol. The second kappa shape index (κ2) is 4.16. The summed E-state index contributed by atoms with van der Waals surface area (Å²) in [6.45, 7) is 0. The van der Waals surface area contributed by atoms with Gasteiger partial charge < -0.3 is 10.2 Å². The maximum atomic E-state index is 8.24. The highest BCUT2D eigenvalue weighted by molar-refractivity contribution is 6.67. The molecule has 0 fully saturated rings. The van der Waals surface area contributed by atoms with E-state index in [2.05, 4.69) is 0 Å². The zero-order valence-electron chi connectivity index (χ0n) is 5.02.